The molecule has 1 N–H and O–H groups in total. The largest absolute Gasteiger partial charge is 0.352 e. The molecule has 2 aromatic rings. The minimum Gasteiger partial charge on any atom is -0.352 e. The van der Waals surface area contributed by atoms with Crippen molar-refractivity contribution in [2.24, 2.45) is 17.8 Å². The summed E-state index contributed by atoms with van der Waals surface area (Å²) >= 11 is 0. The molecule has 1 saturated carbocycles. The summed E-state index contributed by atoms with van der Waals surface area (Å²) in [6.45, 7) is 1.47. The molecule has 1 heterocycles. The van der Waals surface area contributed by atoms with Gasteiger partial charge in [-0.15, -0.1) is 0 Å². The molecule has 1 aromatic heterocycles. The number of benzene rings is 1. The van der Waals surface area contributed by atoms with Crippen LogP contribution in [-0.4, -0.2) is 22.2 Å². The van der Waals surface area contributed by atoms with Gasteiger partial charge >= 0.3 is 0 Å². The van der Waals surface area contributed by atoms with Crippen LogP contribution in [0, 0.1) is 17.8 Å². The number of fused-ring (bicyclic) bond motifs is 2. The van der Waals surface area contributed by atoms with E-state index in [4.69, 9.17) is 0 Å². The molecule has 2 bridgehead atoms. The molecule has 4 rings (SSSR count). The zero-order valence-corrected chi connectivity index (χ0v) is 13.1. The highest BCUT2D eigenvalue weighted by molar-refractivity contribution is 5.94. The van der Waals surface area contributed by atoms with Crippen LogP contribution in [-0.2, 0) is 6.54 Å². The average molecular weight is 307 g/mol. The van der Waals surface area contributed by atoms with Gasteiger partial charge in [0.2, 0.25) is 0 Å². The van der Waals surface area contributed by atoms with Crippen LogP contribution in [0.4, 0.5) is 0 Å². The van der Waals surface area contributed by atoms with Gasteiger partial charge in [-0.25, -0.2) is 0 Å². The maximum absolute atomic E-state index is 12.4. The van der Waals surface area contributed by atoms with E-state index in [9.17, 15) is 4.79 Å². The van der Waals surface area contributed by atoms with E-state index in [1.165, 1.54) is 12.8 Å². The number of nitrogens with zero attached hydrogens (tertiary/aromatic N) is 2. The lowest BCUT2D eigenvalue weighted by Crippen LogP contribution is -2.31. The summed E-state index contributed by atoms with van der Waals surface area (Å²) in [4.78, 5) is 12.4. The van der Waals surface area contributed by atoms with Crippen molar-refractivity contribution >= 4 is 5.91 Å². The van der Waals surface area contributed by atoms with Crippen molar-refractivity contribution in [2.45, 2.75) is 19.4 Å². The Kier molecular flexibility index (Phi) is 3.74. The SMILES string of the molecule is O=C(NC[C@@H]1C[C@@H]2C=C[C@H]1C2)c1cccc(Cn2cccn2)c1. The highest BCUT2D eigenvalue weighted by atomic mass is 16.1. The van der Waals surface area contributed by atoms with Crippen molar-refractivity contribution in [3.63, 3.8) is 0 Å². The van der Waals surface area contributed by atoms with Crippen molar-refractivity contribution in [1.29, 1.82) is 0 Å². The van der Waals surface area contributed by atoms with Gasteiger partial charge in [-0.05, 0) is 54.4 Å². The van der Waals surface area contributed by atoms with Crippen molar-refractivity contribution in [1.82, 2.24) is 15.1 Å². The van der Waals surface area contributed by atoms with E-state index in [-0.39, 0.29) is 5.91 Å². The van der Waals surface area contributed by atoms with Crippen molar-refractivity contribution in [3.8, 4) is 0 Å². The van der Waals surface area contributed by atoms with E-state index in [1.807, 2.05) is 41.2 Å². The molecule has 0 unspecified atom stereocenters. The van der Waals surface area contributed by atoms with Crippen LogP contribution in [0.1, 0.15) is 28.8 Å². The van der Waals surface area contributed by atoms with Gasteiger partial charge in [0.1, 0.15) is 0 Å². The minimum atomic E-state index is 0.0269. The first-order chi connectivity index (χ1) is 11.3. The maximum Gasteiger partial charge on any atom is 0.251 e. The van der Waals surface area contributed by atoms with Crippen molar-refractivity contribution < 1.29 is 4.79 Å². The van der Waals surface area contributed by atoms with Crippen molar-refractivity contribution in [2.75, 3.05) is 6.54 Å². The summed E-state index contributed by atoms with van der Waals surface area (Å²) in [6.07, 6.45) is 10.9. The van der Waals surface area contributed by atoms with Gasteiger partial charge < -0.3 is 5.32 Å². The summed E-state index contributed by atoms with van der Waals surface area (Å²) in [5.41, 5.74) is 1.82. The number of carbonyl (C=O) groups is 1. The first kappa shape index (κ1) is 14.2. The molecule has 3 atom stereocenters. The molecule has 0 saturated heterocycles. The van der Waals surface area contributed by atoms with E-state index in [2.05, 4.69) is 22.6 Å². The second-order valence-electron chi connectivity index (χ2n) is 6.65. The maximum atomic E-state index is 12.4. The molecule has 23 heavy (non-hydrogen) atoms. The molecule has 4 nitrogen and oxygen atoms in total. The zero-order chi connectivity index (χ0) is 15.6. The molecular weight excluding hydrogens is 286 g/mol. The van der Waals surface area contributed by atoms with E-state index in [1.54, 1.807) is 6.20 Å². The van der Waals surface area contributed by atoms with Gasteiger partial charge in [-0.2, -0.15) is 5.10 Å². The smallest absolute Gasteiger partial charge is 0.251 e. The van der Waals surface area contributed by atoms with Crippen LogP contribution in [0.15, 0.2) is 54.9 Å². The molecule has 1 fully saturated rings. The lowest BCUT2D eigenvalue weighted by Gasteiger charge is -2.18. The first-order valence-electron chi connectivity index (χ1n) is 8.31. The van der Waals surface area contributed by atoms with E-state index in [0.717, 1.165) is 23.6 Å². The fourth-order valence-electron chi connectivity index (χ4n) is 3.85. The number of amides is 1. The Labute approximate surface area is 136 Å². The highest BCUT2D eigenvalue weighted by Gasteiger charge is 2.35. The second kappa shape index (κ2) is 6.03. The summed E-state index contributed by atoms with van der Waals surface area (Å²) in [7, 11) is 0. The third kappa shape index (κ3) is 3.07. The number of carbonyl (C=O) groups excluding carboxylic acids is 1. The number of rotatable bonds is 5. The topological polar surface area (TPSA) is 46.9 Å². The summed E-state index contributed by atoms with van der Waals surface area (Å²) in [5, 5.41) is 7.32. The monoisotopic (exact) mass is 307 g/mol. The minimum absolute atomic E-state index is 0.0269. The van der Waals surface area contributed by atoms with Crippen LogP contribution in [0.5, 0.6) is 0 Å². The molecule has 118 valence electrons. The van der Waals surface area contributed by atoms with Gasteiger partial charge in [0, 0.05) is 24.5 Å². The van der Waals surface area contributed by atoms with Gasteiger partial charge in [0.25, 0.3) is 5.91 Å². The Morgan fingerprint density at radius 1 is 1.26 bits per heavy atom. The molecule has 4 heteroatoms. The summed E-state index contributed by atoms with van der Waals surface area (Å²) in [5.74, 6) is 2.06. The van der Waals surface area contributed by atoms with Crippen LogP contribution in [0.25, 0.3) is 0 Å². The Hall–Kier alpha value is -2.36. The predicted octanol–water partition coefficient (Wildman–Crippen LogP) is 2.87. The predicted molar refractivity (Wildman–Crippen MR) is 88.9 cm³/mol. The molecule has 2 aliphatic carbocycles. The van der Waals surface area contributed by atoms with Crippen LogP contribution >= 0.6 is 0 Å². The molecule has 0 radical (unpaired) electrons. The van der Waals surface area contributed by atoms with E-state index >= 15 is 0 Å². The Balaban J connectivity index is 1.37. The third-order valence-corrected chi connectivity index (χ3v) is 5.03. The fraction of sp³-hybridized carbons (Fsp3) is 0.368. The Bertz CT molecular complexity index is 720. The number of allylic oxidation sites excluding steroid dienone is 2. The normalized spacial score (nSPS) is 25.0. The third-order valence-electron chi connectivity index (χ3n) is 5.03. The highest BCUT2D eigenvalue weighted by Crippen LogP contribution is 2.42. The van der Waals surface area contributed by atoms with Crippen LogP contribution in [0.2, 0.25) is 0 Å². The molecule has 2 aliphatic rings. The number of hydrogen-bond donors (Lipinski definition) is 1. The average Bonchev–Trinajstić information content (AvgIpc) is 3.30. The first-order valence-corrected chi connectivity index (χ1v) is 8.31. The fourth-order valence-corrected chi connectivity index (χ4v) is 3.85. The quantitative estimate of drug-likeness (QED) is 0.863. The molecule has 0 aliphatic heterocycles. The Morgan fingerprint density at radius 2 is 2.22 bits per heavy atom. The van der Waals surface area contributed by atoms with Gasteiger partial charge in [-0.1, -0.05) is 24.3 Å². The molecular formula is C19H21N3O. The van der Waals surface area contributed by atoms with Gasteiger partial charge in [0.15, 0.2) is 0 Å². The molecule has 0 spiro atoms. The van der Waals surface area contributed by atoms with E-state index < -0.39 is 0 Å². The van der Waals surface area contributed by atoms with Crippen LogP contribution < -0.4 is 5.32 Å². The molecule has 1 aromatic carbocycles. The van der Waals surface area contributed by atoms with Gasteiger partial charge in [0.05, 0.1) is 6.54 Å². The van der Waals surface area contributed by atoms with Gasteiger partial charge in [-0.3, -0.25) is 9.48 Å². The second-order valence-corrected chi connectivity index (χ2v) is 6.65. The Morgan fingerprint density at radius 3 is 2.96 bits per heavy atom. The number of nitrogens with one attached hydrogen (secondary N) is 1. The number of aromatic nitrogens is 2. The standard InChI is InChI=1S/C19H21N3O/c23-19(20-12-18-10-14-5-6-16(18)9-14)17-4-1-3-15(11-17)13-22-8-2-7-21-22/h1-8,11,14,16,18H,9-10,12-13H2,(H,20,23)/t14-,16+,18+/m1/s1. The lowest BCUT2D eigenvalue weighted by atomic mass is 9.93. The molecule has 1 amide bonds. The summed E-state index contributed by atoms with van der Waals surface area (Å²) < 4.78 is 1.86. The number of hydrogen-bond acceptors (Lipinski definition) is 2. The zero-order valence-electron chi connectivity index (χ0n) is 13.1. The van der Waals surface area contributed by atoms with E-state index in [0.29, 0.717) is 18.4 Å². The van der Waals surface area contributed by atoms with Crippen LogP contribution in [0.3, 0.4) is 0 Å². The van der Waals surface area contributed by atoms with Crippen molar-refractivity contribution in [3.05, 3.63) is 66.0 Å². The lowest BCUT2D eigenvalue weighted by molar-refractivity contribution is 0.0945. The summed E-state index contributed by atoms with van der Waals surface area (Å²) in [6, 6.07) is 9.70.